The van der Waals surface area contributed by atoms with Crippen molar-refractivity contribution in [2.24, 2.45) is 5.92 Å². The van der Waals surface area contributed by atoms with Crippen LogP contribution in [-0.4, -0.2) is 48.0 Å². The van der Waals surface area contributed by atoms with Crippen LogP contribution in [0.15, 0.2) is 17.6 Å². The van der Waals surface area contributed by atoms with Crippen LogP contribution in [0.5, 0.6) is 0 Å². The smallest absolute Gasteiger partial charge is 0.262 e. The summed E-state index contributed by atoms with van der Waals surface area (Å²) < 4.78 is 28.7. The van der Waals surface area contributed by atoms with Crippen molar-refractivity contribution in [3.8, 4) is 0 Å². The molecule has 0 amide bonds. The largest absolute Gasteiger partial charge is 0.336 e. The van der Waals surface area contributed by atoms with E-state index >= 15 is 0 Å². The highest BCUT2D eigenvalue weighted by Gasteiger charge is 2.35. The zero-order valence-electron chi connectivity index (χ0n) is 13.1. The molecule has 0 aromatic carbocycles. The molecule has 2 heterocycles. The fourth-order valence-corrected chi connectivity index (χ4v) is 4.39. The molecular formula is C14H26N4O2S. The molecule has 1 aromatic heterocycles. The van der Waals surface area contributed by atoms with E-state index in [9.17, 15) is 8.42 Å². The molecule has 0 aliphatic carbocycles. The van der Waals surface area contributed by atoms with Crippen LogP contribution in [0.2, 0.25) is 0 Å². The highest BCUT2D eigenvalue weighted by atomic mass is 32.2. The molecule has 1 aromatic rings. The van der Waals surface area contributed by atoms with Gasteiger partial charge in [-0.2, -0.15) is 4.31 Å². The van der Waals surface area contributed by atoms with E-state index in [4.69, 9.17) is 0 Å². The minimum Gasteiger partial charge on any atom is -0.336 e. The Kier molecular flexibility index (Phi) is 5.40. The Morgan fingerprint density at radius 3 is 2.71 bits per heavy atom. The van der Waals surface area contributed by atoms with E-state index in [1.54, 1.807) is 21.4 Å². The molecule has 2 unspecified atom stereocenters. The lowest BCUT2D eigenvalue weighted by atomic mass is 9.91. The van der Waals surface area contributed by atoms with Gasteiger partial charge in [-0.15, -0.1) is 0 Å². The second-order valence-corrected chi connectivity index (χ2v) is 7.41. The lowest BCUT2D eigenvalue weighted by Crippen LogP contribution is -2.50. The second kappa shape index (κ2) is 6.89. The molecule has 0 radical (unpaired) electrons. The monoisotopic (exact) mass is 314 g/mol. The van der Waals surface area contributed by atoms with Crippen LogP contribution in [0.25, 0.3) is 0 Å². The van der Waals surface area contributed by atoms with Crippen molar-refractivity contribution >= 4 is 10.0 Å². The molecule has 6 nitrogen and oxygen atoms in total. The zero-order chi connectivity index (χ0) is 15.5. The predicted octanol–water partition coefficient (Wildman–Crippen LogP) is 1.30. The van der Waals surface area contributed by atoms with Crippen LogP contribution in [-0.2, 0) is 16.6 Å². The van der Waals surface area contributed by atoms with Gasteiger partial charge < -0.3 is 9.88 Å². The maximum Gasteiger partial charge on any atom is 0.262 e. The van der Waals surface area contributed by atoms with Gasteiger partial charge >= 0.3 is 0 Å². The predicted molar refractivity (Wildman–Crippen MR) is 82.5 cm³/mol. The molecule has 7 heteroatoms. The van der Waals surface area contributed by atoms with Crippen molar-refractivity contribution in [3.05, 3.63) is 12.5 Å². The Morgan fingerprint density at radius 1 is 1.38 bits per heavy atom. The summed E-state index contributed by atoms with van der Waals surface area (Å²) in [4.78, 5) is 4.06. The normalized spacial score (nSPS) is 24.3. The molecular weight excluding hydrogens is 288 g/mol. The Bertz CT molecular complexity index is 555. The molecule has 1 N–H and O–H groups in total. The quantitative estimate of drug-likeness (QED) is 0.859. The van der Waals surface area contributed by atoms with Crippen LogP contribution >= 0.6 is 0 Å². The number of aryl methyl sites for hydroxylation is 1. The SMILES string of the molecule is CCNC1CCN(S(=O)(=O)c2cn(CC)cn2)CC1CC. The van der Waals surface area contributed by atoms with E-state index in [0.717, 1.165) is 25.9 Å². The second-order valence-electron chi connectivity index (χ2n) is 5.53. The highest BCUT2D eigenvalue weighted by Crippen LogP contribution is 2.25. The zero-order valence-corrected chi connectivity index (χ0v) is 13.9. The summed E-state index contributed by atoms with van der Waals surface area (Å²) in [6, 6.07) is 0.416. The molecule has 1 aliphatic heterocycles. The molecule has 1 saturated heterocycles. The third kappa shape index (κ3) is 3.46. The number of rotatable bonds is 6. The van der Waals surface area contributed by atoms with Crippen molar-refractivity contribution in [2.75, 3.05) is 19.6 Å². The molecule has 1 aliphatic rings. The number of nitrogens with zero attached hydrogens (tertiary/aromatic N) is 3. The number of hydrogen-bond acceptors (Lipinski definition) is 4. The van der Waals surface area contributed by atoms with Crippen LogP contribution in [0.3, 0.4) is 0 Å². The van der Waals surface area contributed by atoms with E-state index in [1.165, 1.54) is 0 Å². The van der Waals surface area contributed by atoms with Gasteiger partial charge in [-0.25, -0.2) is 13.4 Å². The van der Waals surface area contributed by atoms with Crippen molar-refractivity contribution in [1.82, 2.24) is 19.2 Å². The maximum atomic E-state index is 12.7. The van der Waals surface area contributed by atoms with Crippen LogP contribution in [0.1, 0.15) is 33.6 Å². The first-order valence-electron chi connectivity index (χ1n) is 7.78. The summed E-state index contributed by atoms with van der Waals surface area (Å²) in [6.07, 6.45) is 5.04. The number of aromatic nitrogens is 2. The molecule has 120 valence electrons. The van der Waals surface area contributed by atoms with Gasteiger partial charge in [-0.05, 0) is 25.8 Å². The van der Waals surface area contributed by atoms with Crippen molar-refractivity contribution < 1.29 is 8.42 Å². The molecule has 2 rings (SSSR count). The van der Waals surface area contributed by atoms with E-state index in [1.807, 2.05) is 6.92 Å². The third-order valence-corrected chi connectivity index (χ3v) is 6.02. The summed E-state index contributed by atoms with van der Waals surface area (Å²) in [6.45, 7) is 8.97. The first-order chi connectivity index (χ1) is 10.0. The van der Waals surface area contributed by atoms with Crippen molar-refractivity contribution in [2.45, 2.75) is 51.2 Å². The molecule has 21 heavy (non-hydrogen) atoms. The topological polar surface area (TPSA) is 67.2 Å². The molecule has 0 bridgehead atoms. The molecule has 2 atom stereocenters. The van der Waals surface area contributed by atoms with Crippen molar-refractivity contribution in [3.63, 3.8) is 0 Å². The van der Waals surface area contributed by atoms with E-state index < -0.39 is 10.0 Å². The van der Waals surface area contributed by atoms with Gasteiger partial charge in [0.05, 0.1) is 6.33 Å². The van der Waals surface area contributed by atoms with Gasteiger partial charge in [0.25, 0.3) is 10.0 Å². The average molecular weight is 314 g/mol. The standard InChI is InChI=1S/C14H26N4O2S/c1-4-12-9-18(8-7-13(12)15-5-2)21(19,20)14-10-17(6-3)11-16-14/h10-13,15H,4-9H2,1-3H3. The van der Waals surface area contributed by atoms with Crippen LogP contribution < -0.4 is 5.32 Å². The fraction of sp³-hybridized carbons (Fsp3) is 0.786. The highest BCUT2D eigenvalue weighted by molar-refractivity contribution is 7.89. The molecule has 1 fully saturated rings. The summed E-state index contributed by atoms with van der Waals surface area (Å²) in [5.74, 6) is 0.363. The molecule has 0 spiro atoms. The Labute approximate surface area is 127 Å². The van der Waals surface area contributed by atoms with Gasteiger partial charge in [0, 0.05) is 31.9 Å². The van der Waals surface area contributed by atoms with Crippen LogP contribution in [0.4, 0.5) is 0 Å². The third-order valence-electron chi connectivity index (χ3n) is 4.27. The fourth-order valence-electron chi connectivity index (χ4n) is 2.94. The first-order valence-corrected chi connectivity index (χ1v) is 9.22. The minimum atomic E-state index is -3.46. The number of sulfonamides is 1. The maximum absolute atomic E-state index is 12.7. The number of hydrogen-bond donors (Lipinski definition) is 1. The van der Waals surface area contributed by atoms with E-state index in [2.05, 4.69) is 24.1 Å². The van der Waals surface area contributed by atoms with Gasteiger partial charge in [-0.1, -0.05) is 20.3 Å². The Balaban J connectivity index is 2.14. The number of piperidine rings is 1. The Morgan fingerprint density at radius 2 is 2.14 bits per heavy atom. The summed E-state index contributed by atoms with van der Waals surface area (Å²) in [5, 5.41) is 3.64. The number of imidazole rings is 1. The van der Waals surface area contributed by atoms with Gasteiger partial charge in [0.1, 0.15) is 0 Å². The summed E-state index contributed by atoms with van der Waals surface area (Å²) in [5.41, 5.74) is 0. The van der Waals surface area contributed by atoms with Crippen molar-refractivity contribution in [1.29, 1.82) is 0 Å². The minimum absolute atomic E-state index is 0.168. The van der Waals surface area contributed by atoms with E-state index in [-0.39, 0.29) is 5.03 Å². The summed E-state index contributed by atoms with van der Waals surface area (Å²) >= 11 is 0. The average Bonchev–Trinajstić information content (AvgIpc) is 2.97. The molecule has 0 saturated carbocycles. The van der Waals surface area contributed by atoms with Gasteiger partial charge in [-0.3, -0.25) is 0 Å². The lowest BCUT2D eigenvalue weighted by molar-refractivity contribution is 0.204. The lowest BCUT2D eigenvalue weighted by Gasteiger charge is -2.37. The van der Waals surface area contributed by atoms with Crippen LogP contribution in [0, 0.1) is 5.92 Å². The van der Waals surface area contributed by atoms with Gasteiger partial charge in [0.15, 0.2) is 5.03 Å². The van der Waals surface area contributed by atoms with E-state index in [0.29, 0.717) is 25.0 Å². The Hall–Kier alpha value is -0.920. The number of nitrogens with one attached hydrogen (secondary N) is 1. The first kappa shape index (κ1) is 16.5. The summed E-state index contributed by atoms with van der Waals surface area (Å²) in [7, 11) is -3.46. The van der Waals surface area contributed by atoms with Gasteiger partial charge in [0.2, 0.25) is 0 Å².